The van der Waals surface area contributed by atoms with Crippen LogP contribution in [0.15, 0.2) is 283 Å². The molecule has 1 aliphatic heterocycles. The van der Waals surface area contributed by atoms with Crippen LogP contribution in [0.5, 0.6) is 0 Å². The zero-order chi connectivity index (χ0) is 48.7. The molecule has 15 rings (SSSR count). The van der Waals surface area contributed by atoms with Crippen LogP contribution in [0.4, 0.5) is 34.1 Å². The summed E-state index contributed by atoms with van der Waals surface area (Å²) in [6, 6.07) is 102. The van der Waals surface area contributed by atoms with Gasteiger partial charge in [-0.1, -0.05) is 224 Å². The van der Waals surface area contributed by atoms with Crippen molar-refractivity contribution < 1.29 is 4.42 Å². The number of hydrogen-bond donors (Lipinski definition) is 0. The molecule has 0 atom stereocenters. The zero-order valence-corrected chi connectivity index (χ0v) is 40.4. The third-order valence-electron chi connectivity index (χ3n) is 15.7. The molecule has 0 radical (unpaired) electrons. The van der Waals surface area contributed by atoms with E-state index in [2.05, 4.69) is 283 Å². The first-order valence-corrected chi connectivity index (χ1v) is 25.5. The van der Waals surface area contributed by atoms with E-state index in [1.807, 2.05) is 6.07 Å². The molecule has 0 saturated carbocycles. The summed E-state index contributed by atoms with van der Waals surface area (Å²) in [4.78, 5) is 4.97. The van der Waals surface area contributed by atoms with Gasteiger partial charge in [0.05, 0.1) is 28.2 Å². The van der Waals surface area contributed by atoms with Gasteiger partial charge in [-0.2, -0.15) is 0 Å². The molecule has 1 aliphatic carbocycles. The van der Waals surface area contributed by atoms with Gasteiger partial charge in [0.15, 0.2) is 0 Å². The van der Waals surface area contributed by atoms with Gasteiger partial charge in [0.1, 0.15) is 11.2 Å². The quantitative estimate of drug-likeness (QED) is 0.159. The van der Waals surface area contributed by atoms with Crippen molar-refractivity contribution in [1.82, 2.24) is 0 Å². The molecule has 12 aromatic carbocycles. The van der Waals surface area contributed by atoms with Gasteiger partial charge in [0.25, 0.3) is 0 Å². The van der Waals surface area contributed by atoms with Crippen molar-refractivity contribution in [2.75, 3.05) is 9.80 Å². The van der Waals surface area contributed by atoms with E-state index in [0.29, 0.717) is 0 Å². The Morgan fingerprint density at radius 3 is 1.62 bits per heavy atom. The number of fused-ring (bicyclic) bond motifs is 13. The molecule has 0 bridgehead atoms. The number of rotatable bonds is 7. The summed E-state index contributed by atoms with van der Waals surface area (Å²) >= 11 is 0. The lowest BCUT2D eigenvalue weighted by Crippen LogP contribution is -2.36. The summed E-state index contributed by atoms with van der Waals surface area (Å²) < 4.78 is 6.60. The van der Waals surface area contributed by atoms with E-state index in [1.165, 1.54) is 72.2 Å². The fraction of sp³-hybridized carbons (Fsp3) is 0.0141. The first-order valence-electron chi connectivity index (χ1n) is 25.5. The van der Waals surface area contributed by atoms with Crippen LogP contribution in [0, 0.1) is 0 Å². The predicted octanol–water partition coefficient (Wildman–Crippen LogP) is 19.4. The van der Waals surface area contributed by atoms with Crippen molar-refractivity contribution >= 4 is 66.8 Å². The molecule has 2 aliphatic rings. The molecule has 0 amide bonds. The van der Waals surface area contributed by atoms with E-state index in [4.69, 9.17) is 4.42 Å². The summed E-state index contributed by atoms with van der Waals surface area (Å²) in [5.74, 6) is 0. The Hall–Kier alpha value is -9.70. The van der Waals surface area contributed by atoms with Crippen LogP contribution in [0.3, 0.4) is 0 Å². The molecule has 3 nitrogen and oxygen atoms in total. The van der Waals surface area contributed by atoms with Gasteiger partial charge in [-0.15, -0.1) is 0 Å². The fourth-order valence-electron chi connectivity index (χ4n) is 12.7. The Morgan fingerprint density at radius 1 is 0.324 bits per heavy atom. The molecule has 0 N–H and O–H groups in total. The highest BCUT2D eigenvalue weighted by molar-refractivity contribution is 6.10. The molecular weight excluding hydrogens is 897 g/mol. The minimum atomic E-state index is -0.623. The number of furan rings is 1. The van der Waals surface area contributed by atoms with Crippen molar-refractivity contribution in [1.29, 1.82) is 0 Å². The Bertz CT molecular complexity index is 4290. The van der Waals surface area contributed by atoms with Crippen molar-refractivity contribution in [3.63, 3.8) is 0 Å². The average Bonchev–Trinajstić information content (AvgIpc) is 4.01. The van der Waals surface area contributed by atoms with Crippen molar-refractivity contribution in [3.05, 3.63) is 301 Å². The number of anilines is 6. The van der Waals surface area contributed by atoms with Crippen LogP contribution in [0.25, 0.3) is 77.2 Å². The largest absolute Gasteiger partial charge is 0.455 e. The van der Waals surface area contributed by atoms with Gasteiger partial charge >= 0.3 is 0 Å². The van der Waals surface area contributed by atoms with E-state index in [0.717, 1.165) is 61.4 Å². The second-order valence-electron chi connectivity index (χ2n) is 19.5. The first kappa shape index (κ1) is 42.0. The smallest absolute Gasteiger partial charge is 0.143 e. The van der Waals surface area contributed by atoms with Crippen molar-refractivity contribution in [3.8, 4) is 44.5 Å². The maximum Gasteiger partial charge on any atom is 0.143 e. The SMILES string of the molecule is c1ccc(N2c3ccccc3C3(c4ccccc4-c4c(N(c5ccc(-c6cccc7c6oc6ccccc67)cc5)c5ccccc5-c5ccccc5-c5cccc6ccccc56)cccc43)c3ccccc32)cc1. The third kappa shape index (κ3) is 6.14. The van der Waals surface area contributed by atoms with Gasteiger partial charge in [-0.3, -0.25) is 0 Å². The molecule has 346 valence electrons. The molecule has 0 saturated heterocycles. The van der Waals surface area contributed by atoms with Gasteiger partial charge in [-0.25, -0.2) is 0 Å². The average molecular weight is 943 g/mol. The Morgan fingerprint density at radius 2 is 0.838 bits per heavy atom. The standard InChI is InChI=1S/C71H46N2O/c1-2-23-49(24-3-1)73-65-39-15-12-35-61(65)71(62-36-13-16-40-66(62)73)60-34-11-8-30-59(60)69-63(71)37-20-41-67(69)72(50-45-43-48(44-46-50)52-31-19-33-58-57-29-10-17-42-68(57)74-70(52)58)64-38-14-9-28-56(64)55-27-7-6-26-54(55)53-32-18-22-47-21-4-5-25-51(47)53/h1-46H. The molecule has 2 heterocycles. The number of nitrogens with zero attached hydrogens (tertiary/aromatic N) is 2. The van der Waals surface area contributed by atoms with Crippen LogP contribution >= 0.6 is 0 Å². The minimum absolute atomic E-state index is 0.623. The molecule has 3 heteroatoms. The van der Waals surface area contributed by atoms with Crippen molar-refractivity contribution in [2.45, 2.75) is 5.41 Å². The van der Waals surface area contributed by atoms with Gasteiger partial charge < -0.3 is 14.2 Å². The number of benzene rings is 12. The Balaban J connectivity index is 0.991. The molecule has 1 aromatic heterocycles. The number of para-hydroxylation sites is 6. The fourth-order valence-corrected chi connectivity index (χ4v) is 12.7. The summed E-state index contributed by atoms with van der Waals surface area (Å²) in [6.45, 7) is 0. The molecular formula is C71H46N2O. The van der Waals surface area contributed by atoms with Crippen LogP contribution in [-0.4, -0.2) is 0 Å². The van der Waals surface area contributed by atoms with E-state index < -0.39 is 5.41 Å². The van der Waals surface area contributed by atoms with E-state index in [9.17, 15) is 0 Å². The Kier molecular flexibility index (Phi) is 9.48. The van der Waals surface area contributed by atoms with E-state index in [1.54, 1.807) is 0 Å². The maximum absolute atomic E-state index is 6.60. The van der Waals surface area contributed by atoms with E-state index in [-0.39, 0.29) is 0 Å². The minimum Gasteiger partial charge on any atom is -0.455 e. The van der Waals surface area contributed by atoms with Crippen molar-refractivity contribution in [2.24, 2.45) is 0 Å². The maximum atomic E-state index is 6.60. The van der Waals surface area contributed by atoms with E-state index >= 15 is 0 Å². The summed E-state index contributed by atoms with van der Waals surface area (Å²) in [7, 11) is 0. The third-order valence-corrected chi connectivity index (χ3v) is 15.7. The normalized spacial score (nSPS) is 12.9. The zero-order valence-electron chi connectivity index (χ0n) is 40.4. The number of hydrogen-bond acceptors (Lipinski definition) is 3. The molecule has 74 heavy (non-hydrogen) atoms. The summed E-state index contributed by atoms with van der Waals surface area (Å²) in [5.41, 5.74) is 22.2. The van der Waals surface area contributed by atoms with Crippen LogP contribution in [-0.2, 0) is 5.41 Å². The summed E-state index contributed by atoms with van der Waals surface area (Å²) in [6.07, 6.45) is 0. The molecule has 13 aromatic rings. The highest BCUT2D eigenvalue weighted by Crippen LogP contribution is 2.65. The molecule has 1 spiro atoms. The lowest BCUT2D eigenvalue weighted by Gasteiger charge is -2.45. The second kappa shape index (κ2) is 16.7. The van der Waals surface area contributed by atoms with Crippen LogP contribution in [0.2, 0.25) is 0 Å². The van der Waals surface area contributed by atoms with Crippen LogP contribution in [0.1, 0.15) is 22.3 Å². The summed E-state index contributed by atoms with van der Waals surface area (Å²) in [5, 5.41) is 4.69. The monoisotopic (exact) mass is 942 g/mol. The topological polar surface area (TPSA) is 19.6 Å². The Labute approximate surface area is 430 Å². The van der Waals surface area contributed by atoms with Crippen LogP contribution < -0.4 is 9.80 Å². The lowest BCUT2D eigenvalue weighted by atomic mass is 9.64. The second-order valence-corrected chi connectivity index (χ2v) is 19.5. The first-order chi connectivity index (χ1) is 36.8. The lowest BCUT2D eigenvalue weighted by molar-refractivity contribution is 0.670. The molecule has 0 unspecified atom stereocenters. The highest BCUT2D eigenvalue weighted by Gasteiger charge is 2.52. The van der Waals surface area contributed by atoms with Gasteiger partial charge in [0.2, 0.25) is 0 Å². The highest BCUT2D eigenvalue weighted by atomic mass is 16.3. The molecule has 0 fully saturated rings. The predicted molar refractivity (Wildman–Crippen MR) is 308 cm³/mol. The van der Waals surface area contributed by atoms with Gasteiger partial charge in [-0.05, 0) is 115 Å². The van der Waals surface area contributed by atoms with Gasteiger partial charge in [0, 0.05) is 38.8 Å².